The number of hydrogen-bond donors (Lipinski definition) is 2. The lowest BCUT2D eigenvalue weighted by Gasteiger charge is -2.06. The molecule has 0 aliphatic carbocycles. The minimum atomic E-state index is -0.499. The summed E-state index contributed by atoms with van der Waals surface area (Å²) in [6.07, 6.45) is 1.42. The van der Waals surface area contributed by atoms with Crippen molar-refractivity contribution in [3.63, 3.8) is 0 Å². The Morgan fingerprint density at radius 2 is 1.75 bits per heavy atom. The fourth-order valence-electron chi connectivity index (χ4n) is 2.52. The Kier molecular flexibility index (Phi) is 8.13. The minimum absolute atomic E-state index is 0.258. The van der Waals surface area contributed by atoms with Gasteiger partial charge in [-0.3, -0.25) is 9.59 Å². The maximum absolute atomic E-state index is 12.2. The lowest BCUT2D eigenvalue weighted by molar-refractivity contribution is -0.120. The lowest BCUT2D eigenvalue weighted by atomic mass is 10.2. The van der Waals surface area contributed by atoms with Gasteiger partial charge in [-0.25, -0.2) is 10.2 Å². The second kappa shape index (κ2) is 11.2. The van der Waals surface area contributed by atoms with Gasteiger partial charge < -0.3 is 10.1 Å². The van der Waals surface area contributed by atoms with Crippen LogP contribution in [0.15, 0.2) is 82.4 Å². The summed E-state index contributed by atoms with van der Waals surface area (Å²) in [5.41, 5.74) is 3.70. The first-order valence-electron chi connectivity index (χ1n) is 9.35. The Morgan fingerprint density at radius 3 is 2.47 bits per heavy atom. The number of hydrogen-bond acceptors (Lipinski definition) is 5. The number of nitrogens with zero attached hydrogens (tertiary/aromatic N) is 1. The second-order valence-electron chi connectivity index (χ2n) is 6.42. The van der Waals surface area contributed by atoms with Crippen molar-refractivity contribution in [2.24, 2.45) is 5.10 Å². The van der Waals surface area contributed by atoms with Crippen LogP contribution in [0, 0.1) is 0 Å². The molecular formula is C23H17BrClN3O4. The average Bonchev–Trinajstić information content (AvgIpc) is 2.79. The first kappa shape index (κ1) is 23.2. The monoisotopic (exact) mass is 513 g/mol. The standard InChI is InChI=1S/C23H17BrClN3O4/c24-17-5-3-4-16(12-17)23(31)32-18-10-8-15(9-11-18)13-27-28-21(29)14-26-22(30)19-6-1-2-7-20(19)25/h1-13H,14H2,(H,26,30)(H,28,29)/b27-13+. The van der Waals surface area contributed by atoms with E-state index in [1.165, 1.54) is 6.21 Å². The van der Waals surface area contributed by atoms with Crippen LogP contribution >= 0.6 is 27.5 Å². The van der Waals surface area contributed by atoms with Crippen LogP contribution in [-0.4, -0.2) is 30.5 Å². The summed E-state index contributed by atoms with van der Waals surface area (Å²) in [5.74, 6) is -1.05. The highest BCUT2D eigenvalue weighted by Crippen LogP contribution is 2.16. The molecule has 0 atom stereocenters. The van der Waals surface area contributed by atoms with Crippen LogP contribution in [0.2, 0.25) is 5.02 Å². The van der Waals surface area contributed by atoms with E-state index in [0.717, 1.165) is 4.47 Å². The van der Waals surface area contributed by atoms with Crippen molar-refractivity contribution in [2.45, 2.75) is 0 Å². The molecule has 0 saturated heterocycles. The quantitative estimate of drug-likeness (QED) is 0.214. The maximum atomic E-state index is 12.2. The highest BCUT2D eigenvalue weighted by atomic mass is 79.9. The number of amides is 2. The Balaban J connectivity index is 1.46. The van der Waals surface area contributed by atoms with Crippen molar-refractivity contribution in [1.82, 2.24) is 10.7 Å². The average molecular weight is 515 g/mol. The van der Waals surface area contributed by atoms with Crippen LogP contribution in [-0.2, 0) is 4.79 Å². The molecule has 9 heteroatoms. The van der Waals surface area contributed by atoms with Crippen molar-refractivity contribution in [3.8, 4) is 5.75 Å². The molecule has 3 rings (SSSR count). The summed E-state index contributed by atoms with van der Waals surface area (Å²) in [6, 6.07) is 20.0. The molecule has 7 nitrogen and oxygen atoms in total. The molecule has 0 spiro atoms. The topological polar surface area (TPSA) is 96.9 Å². The molecule has 162 valence electrons. The van der Waals surface area contributed by atoms with Gasteiger partial charge in [0.15, 0.2) is 0 Å². The van der Waals surface area contributed by atoms with Crippen LogP contribution in [0.25, 0.3) is 0 Å². The van der Waals surface area contributed by atoms with Crippen molar-refractivity contribution < 1.29 is 19.1 Å². The maximum Gasteiger partial charge on any atom is 0.343 e. The predicted octanol–water partition coefficient (Wildman–Crippen LogP) is 4.20. The minimum Gasteiger partial charge on any atom is -0.423 e. The predicted molar refractivity (Wildman–Crippen MR) is 125 cm³/mol. The molecule has 0 unspecified atom stereocenters. The van der Waals surface area contributed by atoms with Crippen molar-refractivity contribution in [1.29, 1.82) is 0 Å². The van der Waals surface area contributed by atoms with Gasteiger partial charge in [0, 0.05) is 4.47 Å². The third-order valence-corrected chi connectivity index (χ3v) is 4.90. The molecule has 32 heavy (non-hydrogen) atoms. The normalized spacial score (nSPS) is 10.6. The fourth-order valence-corrected chi connectivity index (χ4v) is 3.14. The van der Waals surface area contributed by atoms with Crippen molar-refractivity contribution >= 4 is 51.5 Å². The third-order valence-electron chi connectivity index (χ3n) is 4.08. The summed E-state index contributed by atoms with van der Waals surface area (Å²) in [6.45, 7) is -0.258. The van der Waals surface area contributed by atoms with Gasteiger partial charge in [-0.15, -0.1) is 0 Å². The van der Waals surface area contributed by atoms with Crippen LogP contribution in [0.1, 0.15) is 26.3 Å². The SMILES string of the molecule is O=C(CNC(=O)c1ccccc1Cl)N/N=C/c1ccc(OC(=O)c2cccc(Br)c2)cc1. The van der Waals surface area contributed by atoms with E-state index in [1.54, 1.807) is 66.7 Å². The zero-order chi connectivity index (χ0) is 22.9. The summed E-state index contributed by atoms with van der Waals surface area (Å²) in [7, 11) is 0. The lowest BCUT2D eigenvalue weighted by Crippen LogP contribution is -2.35. The van der Waals surface area contributed by atoms with Gasteiger partial charge in [0.1, 0.15) is 5.75 Å². The molecule has 0 heterocycles. The molecule has 0 fully saturated rings. The Morgan fingerprint density at radius 1 is 1.00 bits per heavy atom. The van der Waals surface area contributed by atoms with E-state index >= 15 is 0 Å². The number of carbonyl (C=O) groups is 3. The Labute approximate surface area is 197 Å². The summed E-state index contributed by atoms with van der Waals surface area (Å²) in [4.78, 5) is 36.0. The molecule has 0 saturated carbocycles. The zero-order valence-electron chi connectivity index (χ0n) is 16.5. The molecule has 0 bridgehead atoms. The van der Waals surface area contributed by atoms with E-state index < -0.39 is 17.8 Å². The fraction of sp³-hybridized carbons (Fsp3) is 0.0435. The number of hydrazone groups is 1. The van der Waals surface area contributed by atoms with Gasteiger partial charge in [0.25, 0.3) is 11.8 Å². The highest BCUT2D eigenvalue weighted by molar-refractivity contribution is 9.10. The molecule has 2 N–H and O–H groups in total. The highest BCUT2D eigenvalue weighted by Gasteiger charge is 2.11. The summed E-state index contributed by atoms with van der Waals surface area (Å²) in [5, 5.41) is 6.61. The molecule has 0 radical (unpaired) electrons. The van der Waals surface area contributed by atoms with Crippen LogP contribution in [0.3, 0.4) is 0 Å². The van der Waals surface area contributed by atoms with Gasteiger partial charge in [0.05, 0.1) is 28.9 Å². The molecule has 0 aliphatic heterocycles. The van der Waals surface area contributed by atoms with Gasteiger partial charge >= 0.3 is 5.97 Å². The molecule has 0 aliphatic rings. The zero-order valence-corrected chi connectivity index (χ0v) is 18.9. The van der Waals surface area contributed by atoms with Gasteiger partial charge in [-0.2, -0.15) is 5.10 Å². The van der Waals surface area contributed by atoms with Crippen molar-refractivity contribution in [3.05, 3.63) is 99.0 Å². The van der Waals surface area contributed by atoms with Gasteiger partial charge in [0.2, 0.25) is 0 Å². The Hall–Kier alpha value is -3.49. The number of esters is 1. The van der Waals surface area contributed by atoms with Gasteiger partial charge in [-0.1, -0.05) is 45.7 Å². The van der Waals surface area contributed by atoms with E-state index in [2.05, 4.69) is 31.8 Å². The summed E-state index contributed by atoms with van der Waals surface area (Å²) < 4.78 is 6.11. The molecule has 0 aromatic heterocycles. The van der Waals surface area contributed by atoms with Crippen molar-refractivity contribution in [2.75, 3.05) is 6.54 Å². The first-order chi connectivity index (χ1) is 15.4. The van der Waals surface area contributed by atoms with E-state index in [9.17, 15) is 14.4 Å². The van der Waals surface area contributed by atoms with E-state index in [1.807, 2.05) is 6.07 Å². The third kappa shape index (κ3) is 6.76. The number of ether oxygens (including phenoxy) is 1. The van der Waals surface area contributed by atoms with Crippen LogP contribution in [0.4, 0.5) is 0 Å². The smallest absolute Gasteiger partial charge is 0.343 e. The first-order valence-corrected chi connectivity index (χ1v) is 10.5. The Bertz CT molecular complexity index is 1170. The number of rotatable bonds is 7. The van der Waals surface area contributed by atoms with Gasteiger partial charge in [-0.05, 0) is 60.2 Å². The molecular weight excluding hydrogens is 498 g/mol. The van der Waals surface area contributed by atoms with Crippen LogP contribution < -0.4 is 15.5 Å². The van der Waals surface area contributed by atoms with Crippen LogP contribution in [0.5, 0.6) is 5.75 Å². The number of halogens is 2. The summed E-state index contributed by atoms with van der Waals surface area (Å²) >= 11 is 9.26. The number of nitrogens with one attached hydrogen (secondary N) is 2. The number of carbonyl (C=O) groups excluding carboxylic acids is 3. The molecule has 3 aromatic rings. The van der Waals surface area contributed by atoms with E-state index in [0.29, 0.717) is 21.9 Å². The second-order valence-corrected chi connectivity index (χ2v) is 7.75. The van der Waals surface area contributed by atoms with E-state index in [4.69, 9.17) is 16.3 Å². The molecule has 3 aromatic carbocycles. The number of benzene rings is 3. The van der Waals surface area contributed by atoms with E-state index in [-0.39, 0.29) is 12.1 Å². The largest absolute Gasteiger partial charge is 0.423 e. The molecule has 2 amide bonds.